The van der Waals surface area contributed by atoms with Crippen molar-refractivity contribution < 1.29 is 9.47 Å². The smallest absolute Gasteiger partial charge is 0.276 e. The molecule has 8 nitrogen and oxygen atoms in total. The van der Waals surface area contributed by atoms with Gasteiger partial charge in [0.25, 0.3) is 5.56 Å². The van der Waals surface area contributed by atoms with Crippen molar-refractivity contribution in [3.05, 3.63) is 28.2 Å². The van der Waals surface area contributed by atoms with E-state index in [4.69, 9.17) is 14.6 Å². The number of hydrogen-bond donors (Lipinski definition) is 1. The first kappa shape index (κ1) is 15.7. The molecule has 2 aliphatic heterocycles. The Morgan fingerprint density at radius 2 is 2.12 bits per heavy atom. The molecule has 8 heteroatoms. The van der Waals surface area contributed by atoms with Crippen LogP contribution in [-0.2, 0) is 9.47 Å². The van der Waals surface area contributed by atoms with Crippen LogP contribution < -0.4 is 5.56 Å². The summed E-state index contributed by atoms with van der Waals surface area (Å²) < 4.78 is 12.7. The summed E-state index contributed by atoms with van der Waals surface area (Å²) in [6.07, 6.45) is 3.48. The maximum atomic E-state index is 12.5. The Morgan fingerprint density at radius 1 is 1.33 bits per heavy atom. The van der Waals surface area contributed by atoms with Gasteiger partial charge in [-0.25, -0.2) is 9.50 Å². The molecule has 0 radical (unpaired) electrons. The third-order valence-corrected chi connectivity index (χ3v) is 5.14. The van der Waals surface area contributed by atoms with Crippen molar-refractivity contribution in [1.82, 2.24) is 24.5 Å². The van der Waals surface area contributed by atoms with E-state index in [1.165, 1.54) is 0 Å². The molecule has 0 aliphatic carbocycles. The Hall–Kier alpha value is -1.77. The van der Waals surface area contributed by atoms with E-state index in [0.29, 0.717) is 11.3 Å². The number of hydrogen-bond acceptors (Lipinski definition) is 6. The summed E-state index contributed by atoms with van der Waals surface area (Å²) in [7, 11) is 3.76. The molecule has 4 heterocycles. The van der Waals surface area contributed by atoms with Crippen LogP contribution in [0.1, 0.15) is 36.3 Å². The lowest BCUT2D eigenvalue weighted by atomic mass is 10.00. The molecule has 2 unspecified atom stereocenters. The number of likely N-dealkylation sites (tertiary alicyclic amines) is 1. The lowest BCUT2D eigenvalue weighted by Crippen LogP contribution is -2.26. The van der Waals surface area contributed by atoms with Gasteiger partial charge in [-0.3, -0.25) is 4.79 Å². The maximum Gasteiger partial charge on any atom is 0.276 e. The molecular weight excluding hydrogens is 310 g/mol. The number of nitrogens with one attached hydrogen (secondary N) is 1. The monoisotopic (exact) mass is 333 g/mol. The lowest BCUT2D eigenvalue weighted by Gasteiger charge is -2.21. The van der Waals surface area contributed by atoms with Gasteiger partial charge in [0.2, 0.25) is 0 Å². The summed E-state index contributed by atoms with van der Waals surface area (Å²) in [4.78, 5) is 22.1. The zero-order valence-corrected chi connectivity index (χ0v) is 14.1. The molecule has 0 amide bonds. The van der Waals surface area contributed by atoms with Crippen LogP contribution in [0.15, 0.2) is 11.0 Å². The summed E-state index contributed by atoms with van der Waals surface area (Å²) >= 11 is 0. The minimum atomic E-state index is -0.143. The average molecular weight is 333 g/mol. The van der Waals surface area contributed by atoms with Gasteiger partial charge in [-0.05, 0) is 19.9 Å². The van der Waals surface area contributed by atoms with Crippen LogP contribution >= 0.6 is 0 Å². The van der Waals surface area contributed by atoms with Crippen LogP contribution in [-0.4, -0.2) is 71.0 Å². The van der Waals surface area contributed by atoms with E-state index in [-0.39, 0.29) is 23.5 Å². The van der Waals surface area contributed by atoms with Gasteiger partial charge < -0.3 is 19.4 Å². The minimum absolute atomic E-state index is 0.0330. The number of ether oxygens (including phenoxy) is 2. The number of likely N-dealkylation sites (N-methyl/N-ethyl adjacent to an activating group) is 1. The predicted octanol–water partition coefficient (Wildman–Crippen LogP) is 0.356. The van der Waals surface area contributed by atoms with E-state index < -0.39 is 0 Å². The van der Waals surface area contributed by atoms with E-state index >= 15 is 0 Å². The topological polar surface area (TPSA) is 84.8 Å². The number of imidazole rings is 1. The molecule has 0 spiro atoms. The molecule has 2 aromatic rings. The molecule has 2 atom stereocenters. The van der Waals surface area contributed by atoms with Crippen LogP contribution in [0.2, 0.25) is 0 Å². The van der Waals surface area contributed by atoms with E-state index in [1.807, 2.05) is 7.05 Å². The van der Waals surface area contributed by atoms with Crippen LogP contribution in [0.3, 0.4) is 0 Å². The summed E-state index contributed by atoms with van der Waals surface area (Å²) in [6, 6.07) is 0. The third kappa shape index (κ3) is 2.64. The fourth-order valence-corrected chi connectivity index (χ4v) is 3.80. The lowest BCUT2D eigenvalue weighted by molar-refractivity contribution is 0.0831. The van der Waals surface area contributed by atoms with E-state index in [9.17, 15) is 4.79 Å². The number of aromatic amines is 1. The zero-order chi connectivity index (χ0) is 16.7. The normalized spacial score (nSPS) is 26.4. The van der Waals surface area contributed by atoms with Gasteiger partial charge in [0.1, 0.15) is 11.6 Å². The first-order chi connectivity index (χ1) is 11.7. The quantitative estimate of drug-likeness (QED) is 0.873. The first-order valence-electron chi connectivity index (χ1n) is 8.44. The van der Waals surface area contributed by atoms with Crippen LogP contribution in [0, 0.1) is 0 Å². The Labute approximate surface area is 139 Å². The standard InChI is InChI=1S/C16H23N5O3/c1-20-8-11(13(9-20)23-2)14-18-16(22)12-7-17-15(21(12)19-14)10-3-5-24-6-4-10/h7,10-11,13H,3-6,8-9H2,1-2H3,(H,18,19,22). The second kappa shape index (κ2) is 6.27. The van der Waals surface area contributed by atoms with Crippen molar-refractivity contribution in [2.75, 3.05) is 40.5 Å². The fourth-order valence-electron chi connectivity index (χ4n) is 3.80. The second-order valence-corrected chi connectivity index (χ2v) is 6.74. The summed E-state index contributed by atoms with van der Waals surface area (Å²) in [5.74, 6) is 1.88. The highest BCUT2D eigenvalue weighted by molar-refractivity contribution is 5.42. The SMILES string of the molecule is COC1CN(C)CC1c1nn2c(C3CCOCC3)ncc2c(=O)[nH]1. The molecule has 2 saturated heterocycles. The van der Waals surface area contributed by atoms with Gasteiger partial charge >= 0.3 is 0 Å². The number of methoxy groups -OCH3 is 1. The number of nitrogens with zero attached hydrogens (tertiary/aromatic N) is 4. The van der Waals surface area contributed by atoms with Gasteiger partial charge in [-0.2, -0.15) is 5.10 Å². The van der Waals surface area contributed by atoms with Crippen molar-refractivity contribution >= 4 is 5.52 Å². The van der Waals surface area contributed by atoms with Crippen molar-refractivity contribution in [2.45, 2.75) is 30.8 Å². The van der Waals surface area contributed by atoms with Gasteiger partial charge in [-0.15, -0.1) is 0 Å². The number of rotatable bonds is 3. The number of fused-ring (bicyclic) bond motifs is 1. The molecular formula is C16H23N5O3. The molecule has 1 N–H and O–H groups in total. The van der Waals surface area contributed by atoms with Crippen LogP contribution in [0.25, 0.3) is 5.52 Å². The summed E-state index contributed by atoms with van der Waals surface area (Å²) in [6.45, 7) is 3.11. The van der Waals surface area contributed by atoms with Gasteiger partial charge in [0.05, 0.1) is 18.2 Å². The van der Waals surface area contributed by atoms with Crippen LogP contribution in [0.4, 0.5) is 0 Å². The van der Waals surface area contributed by atoms with Gasteiger partial charge in [-0.1, -0.05) is 0 Å². The third-order valence-electron chi connectivity index (χ3n) is 5.14. The minimum Gasteiger partial charge on any atom is -0.381 e. The molecule has 2 fully saturated rings. The van der Waals surface area contributed by atoms with E-state index in [1.54, 1.807) is 17.8 Å². The second-order valence-electron chi connectivity index (χ2n) is 6.74. The van der Waals surface area contributed by atoms with Gasteiger partial charge in [0, 0.05) is 39.3 Å². The predicted molar refractivity (Wildman–Crippen MR) is 87.4 cm³/mol. The molecule has 0 bridgehead atoms. The fraction of sp³-hybridized carbons (Fsp3) is 0.688. The highest BCUT2D eigenvalue weighted by Gasteiger charge is 2.34. The zero-order valence-electron chi connectivity index (χ0n) is 14.1. The number of aromatic nitrogens is 4. The summed E-state index contributed by atoms with van der Waals surface area (Å²) in [5.41, 5.74) is 0.357. The highest BCUT2D eigenvalue weighted by atomic mass is 16.5. The molecule has 130 valence electrons. The maximum absolute atomic E-state index is 12.5. The molecule has 4 rings (SSSR count). The van der Waals surface area contributed by atoms with Crippen molar-refractivity contribution in [3.63, 3.8) is 0 Å². The molecule has 2 aliphatic rings. The Morgan fingerprint density at radius 3 is 2.88 bits per heavy atom. The van der Waals surface area contributed by atoms with Crippen LogP contribution in [0.5, 0.6) is 0 Å². The molecule has 0 saturated carbocycles. The average Bonchev–Trinajstić information content (AvgIpc) is 3.19. The Balaban J connectivity index is 1.76. The van der Waals surface area contributed by atoms with Crippen molar-refractivity contribution in [1.29, 1.82) is 0 Å². The summed E-state index contributed by atoms with van der Waals surface area (Å²) in [5, 5.41) is 4.74. The largest absolute Gasteiger partial charge is 0.381 e. The molecule has 0 aromatic carbocycles. The Kier molecular flexibility index (Phi) is 4.11. The van der Waals surface area contributed by atoms with E-state index in [0.717, 1.165) is 45.0 Å². The Bertz CT molecular complexity index is 780. The van der Waals surface area contributed by atoms with Crippen molar-refractivity contribution in [3.8, 4) is 0 Å². The van der Waals surface area contributed by atoms with Gasteiger partial charge in [0.15, 0.2) is 5.52 Å². The first-order valence-corrected chi connectivity index (χ1v) is 8.44. The molecule has 2 aromatic heterocycles. The number of H-pyrrole nitrogens is 1. The molecule has 24 heavy (non-hydrogen) atoms. The highest BCUT2D eigenvalue weighted by Crippen LogP contribution is 2.28. The van der Waals surface area contributed by atoms with Crippen molar-refractivity contribution in [2.24, 2.45) is 0 Å². The van der Waals surface area contributed by atoms with E-state index in [2.05, 4.69) is 14.9 Å².